The zero-order valence-electron chi connectivity index (χ0n) is 24.1. The number of unbranched alkanes of at least 4 members (excludes halogenated alkanes) is 2. The van der Waals surface area contributed by atoms with E-state index in [2.05, 4.69) is 27.7 Å². The first kappa shape index (κ1) is 28.9. The lowest BCUT2D eigenvalue weighted by atomic mass is 9.85. The number of Topliss-reactive ketones (excluding diaryl/α,β-unsaturated/α-hetero) is 1. The molecule has 1 saturated heterocycles. The number of para-hydroxylation sites is 1. The van der Waals surface area contributed by atoms with Gasteiger partial charge in [0.05, 0.1) is 31.9 Å². The Morgan fingerprint density at radius 3 is 2.23 bits per heavy atom. The van der Waals surface area contributed by atoms with Crippen molar-refractivity contribution in [2.24, 2.45) is 0 Å². The Hall–Kier alpha value is -4.06. The van der Waals surface area contributed by atoms with E-state index < -0.39 is 17.7 Å². The number of ketones is 1. The van der Waals surface area contributed by atoms with Crippen LogP contribution in [-0.2, 0) is 21.5 Å². The molecule has 1 unspecified atom stereocenters. The summed E-state index contributed by atoms with van der Waals surface area (Å²) < 4.78 is 11.3. The monoisotopic (exact) mass is 541 g/mol. The summed E-state index contributed by atoms with van der Waals surface area (Å²) in [6.07, 6.45) is 3.19. The molecule has 0 bridgehead atoms. The van der Waals surface area contributed by atoms with Gasteiger partial charge in [-0.1, -0.05) is 83.0 Å². The molecule has 4 rings (SSSR count). The van der Waals surface area contributed by atoms with Gasteiger partial charge in [-0.25, -0.2) is 0 Å². The summed E-state index contributed by atoms with van der Waals surface area (Å²) in [6, 6.07) is 21.6. The second-order valence-electron chi connectivity index (χ2n) is 11.2. The van der Waals surface area contributed by atoms with Gasteiger partial charge in [-0.2, -0.15) is 0 Å². The molecule has 1 N–H and O–H groups in total. The van der Waals surface area contributed by atoms with Crippen molar-refractivity contribution in [1.82, 2.24) is 4.90 Å². The molecule has 40 heavy (non-hydrogen) atoms. The summed E-state index contributed by atoms with van der Waals surface area (Å²) in [5.74, 6) is -0.256. The Morgan fingerprint density at radius 1 is 0.925 bits per heavy atom. The third-order valence-electron chi connectivity index (χ3n) is 7.31. The molecule has 0 aliphatic carbocycles. The second kappa shape index (κ2) is 12.4. The van der Waals surface area contributed by atoms with Crippen molar-refractivity contribution in [3.63, 3.8) is 0 Å². The Bertz CT molecular complexity index is 1370. The van der Waals surface area contributed by atoms with Crippen LogP contribution < -0.4 is 9.47 Å². The van der Waals surface area contributed by atoms with Crippen LogP contribution in [0.25, 0.3) is 5.76 Å². The SMILES string of the molecule is CCCCCOc1ccc(/C(O)=C2/C(=O)C(=O)N(Cc3ccccc3OC)C2c2ccc(C(C)(C)C)cc2)cc1. The van der Waals surface area contributed by atoms with E-state index in [9.17, 15) is 14.7 Å². The molecule has 1 aliphatic rings. The largest absolute Gasteiger partial charge is 0.507 e. The fraction of sp³-hybridized carbons (Fsp3) is 0.353. The molecule has 0 radical (unpaired) electrons. The van der Waals surface area contributed by atoms with Crippen LogP contribution in [0.1, 0.15) is 75.3 Å². The molecule has 1 heterocycles. The molecular weight excluding hydrogens is 502 g/mol. The zero-order valence-corrected chi connectivity index (χ0v) is 24.1. The molecule has 1 amide bonds. The average Bonchev–Trinajstić information content (AvgIpc) is 3.20. The van der Waals surface area contributed by atoms with Gasteiger partial charge >= 0.3 is 0 Å². The Kier molecular flexibility index (Phi) is 8.98. The lowest BCUT2D eigenvalue weighted by Crippen LogP contribution is -2.29. The maximum atomic E-state index is 13.5. The quantitative estimate of drug-likeness (QED) is 0.127. The molecule has 3 aromatic carbocycles. The van der Waals surface area contributed by atoms with Crippen molar-refractivity contribution in [2.75, 3.05) is 13.7 Å². The van der Waals surface area contributed by atoms with Crippen LogP contribution in [0.3, 0.4) is 0 Å². The van der Waals surface area contributed by atoms with Gasteiger partial charge in [0.25, 0.3) is 11.7 Å². The van der Waals surface area contributed by atoms with Crippen molar-refractivity contribution < 1.29 is 24.2 Å². The van der Waals surface area contributed by atoms with Gasteiger partial charge in [0, 0.05) is 11.1 Å². The first-order valence-corrected chi connectivity index (χ1v) is 13.9. The molecule has 1 fully saturated rings. The molecule has 0 aromatic heterocycles. The Morgan fingerprint density at radius 2 is 1.60 bits per heavy atom. The normalized spacial score (nSPS) is 16.8. The predicted molar refractivity (Wildman–Crippen MR) is 157 cm³/mol. The molecule has 6 nitrogen and oxygen atoms in total. The van der Waals surface area contributed by atoms with Crippen molar-refractivity contribution >= 4 is 17.4 Å². The summed E-state index contributed by atoms with van der Waals surface area (Å²) in [7, 11) is 1.58. The molecule has 210 valence electrons. The molecule has 6 heteroatoms. The van der Waals surface area contributed by atoms with Crippen LogP contribution in [0.5, 0.6) is 11.5 Å². The van der Waals surface area contributed by atoms with E-state index in [0.29, 0.717) is 23.7 Å². The van der Waals surface area contributed by atoms with Crippen LogP contribution in [0, 0.1) is 0 Å². The van der Waals surface area contributed by atoms with Crippen molar-refractivity contribution in [2.45, 2.75) is 65.0 Å². The van der Waals surface area contributed by atoms with Crippen LogP contribution in [0.2, 0.25) is 0 Å². The number of ether oxygens (including phenoxy) is 2. The fourth-order valence-electron chi connectivity index (χ4n) is 4.98. The molecule has 1 atom stereocenters. The summed E-state index contributed by atoms with van der Waals surface area (Å²) >= 11 is 0. The summed E-state index contributed by atoms with van der Waals surface area (Å²) in [5, 5.41) is 11.5. The number of carbonyl (C=O) groups is 2. The Balaban J connectivity index is 1.75. The van der Waals surface area contributed by atoms with Gasteiger partial charge in [-0.05, 0) is 53.3 Å². The lowest BCUT2D eigenvalue weighted by molar-refractivity contribution is -0.140. The third-order valence-corrected chi connectivity index (χ3v) is 7.31. The number of likely N-dealkylation sites (tertiary alicyclic amines) is 1. The van der Waals surface area contributed by atoms with Crippen LogP contribution in [0.4, 0.5) is 0 Å². The van der Waals surface area contributed by atoms with Gasteiger partial charge < -0.3 is 19.5 Å². The first-order valence-electron chi connectivity index (χ1n) is 13.9. The summed E-state index contributed by atoms with van der Waals surface area (Å²) in [5.41, 5.74) is 3.12. The number of methoxy groups -OCH3 is 1. The maximum absolute atomic E-state index is 13.5. The smallest absolute Gasteiger partial charge is 0.295 e. The van der Waals surface area contributed by atoms with Gasteiger partial charge in [-0.15, -0.1) is 0 Å². The van der Waals surface area contributed by atoms with E-state index in [1.165, 1.54) is 4.90 Å². The van der Waals surface area contributed by atoms with Crippen LogP contribution in [0.15, 0.2) is 78.4 Å². The summed E-state index contributed by atoms with van der Waals surface area (Å²) in [6.45, 7) is 9.32. The van der Waals surface area contributed by atoms with E-state index in [4.69, 9.17) is 9.47 Å². The topological polar surface area (TPSA) is 76.1 Å². The highest BCUT2D eigenvalue weighted by molar-refractivity contribution is 6.46. The van der Waals surface area contributed by atoms with Crippen LogP contribution >= 0.6 is 0 Å². The van der Waals surface area contributed by atoms with Gasteiger partial charge in [0.2, 0.25) is 0 Å². The maximum Gasteiger partial charge on any atom is 0.295 e. The van der Waals surface area contributed by atoms with E-state index >= 15 is 0 Å². The van der Waals surface area contributed by atoms with E-state index in [1.807, 2.05) is 48.5 Å². The number of aliphatic hydroxyl groups excluding tert-OH is 1. The molecule has 3 aromatic rings. The van der Waals surface area contributed by atoms with Crippen molar-refractivity contribution in [1.29, 1.82) is 0 Å². The van der Waals surface area contributed by atoms with Gasteiger partial charge in [0.15, 0.2) is 0 Å². The number of amides is 1. The number of benzene rings is 3. The first-order chi connectivity index (χ1) is 19.2. The number of nitrogens with zero attached hydrogens (tertiary/aromatic N) is 1. The van der Waals surface area contributed by atoms with E-state index in [1.54, 1.807) is 31.4 Å². The van der Waals surface area contributed by atoms with Crippen LogP contribution in [-0.4, -0.2) is 35.4 Å². The lowest BCUT2D eigenvalue weighted by Gasteiger charge is -2.27. The standard InChI is InChI=1S/C34H39NO5/c1-6-7-10-21-40-27-19-15-24(16-20-27)31(36)29-30(23-13-17-26(18-14-23)34(2,3)4)35(33(38)32(29)37)22-25-11-8-9-12-28(25)39-5/h8-9,11-20,30,36H,6-7,10,21-22H2,1-5H3/b31-29-. The third kappa shape index (κ3) is 6.22. The zero-order chi connectivity index (χ0) is 28.9. The van der Waals surface area contributed by atoms with E-state index in [0.717, 1.165) is 36.0 Å². The second-order valence-corrected chi connectivity index (χ2v) is 11.2. The van der Waals surface area contributed by atoms with Crippen molar-refractivity contribution in [3.05, 3.63) is 101 Å². The predicted octanol–water partition coefficient (Wildman–Crippen LogP) is 7.18. The molecule has 0 saturated carbocycles. The van der Waals surface area contributed by atoms with Crippen molar-refractivity contribution in [3.8, 4) is 11.5 Å². The Labute approximate surface area is 237 Å². The highest BCUT2D eigenvalue weighted by Crippen LogP contribution is 2.41. The van der Waals surface area contributed by atoms with E-state index in [-0.39, 0.29) is 23.3 Å². The van der Waals surface area contributed by atoms with Gasteiger partial charge in [-0.3, -0.25) is 9.59 Å². The highest BCUT2D eigenvalue weighted by atomic mass is 16.5. The number of carbonyl (C=O) groups excluding carboxylic acids is 2. The fourth-order valence-corrected chi connectivity index (χ4v) is 4.98. The molecule has 0 spiro atoms. The molecular formula is C34H39NO5. The average molecular weight is 542 g/mol. The minimum atomic E-state index is -0.760. The number of hydrogen-bond acceptors (Lipinski definition) is 5. The number of rotatable bonds is 10. The summed E-state index contributed by atoms with van der Waals surface area (Å²) in [4.78, 5) is 28.5. The molecule has 1 aliphatic heterocycles. The minimum Gasteiger partial charge on any atom is -0.507 e. The number of aliphatic hydroxyl groups is 1. The number of hydrogen-bond donors (Lipinski definition) is 1. The van der Waals surface area contributed by atoms with Gasteiger partial charge in [0.1, 0.15) is 17.3 Å². The minimum absolute atomic E-state index is 0.0574. The highest BCUT2D eigenvalue weighted by Gasteiger charge is 2.46.